The lowest BCUT2D eigenvalue weighted by molar-refractivity contribution is 0.102. The molecule has 1 heterocycles. The van der Waals surface area contributed by atoms with Crippen molar-refractivity contribution in [1.82, 2.24) is 15.2 Å². The van der Waals surface area contributed by atoms with Crippen molar-refractivity contribution in [2.45, 2.75) is 12.1 Å². The molecule has 0 bridgehead atoms. The highest BCUT2D eigenvalue weighted by atomic mass is 79.9. The van der Waals surface area contributed by atoms with E-state index in [-0.39, 0.29) is 5.91 Å². The fourth-order valence-corrected chi connectivity index (χ4v) is 2.31. The zero-order valence-electron chi connectivity index (χ0n) is 9.61. The molecule has 1 amide bonds. The third-order valence-corrected chi connectivity index (χ3v) is 3.51. The number of halogens is 1. The molecule has 0 atom stereocenters. The average molecular weight is 327 g/mol. The van der Waals surface area contributed by atoms with Gasteiger partial charge in [0.1, 0.15) is 0 Å². The van der Waals surface area contributed by atoms with E-state index in [2.05, 4.69) is 36.4 Å². The van der Waals surface area contributed by atoms with E-state index >= 15 is 0 Å². The zero-order valence-corrected chi connectivity index (χ0v) is 12.0. The fourth-order valence-electron chi connectivity index (χ4n) is 1.32. The molecule has 0 spiro atoms. The summed E-state index contributed by atoms with van der Waals surface area (Å²) in [6, 6.07) is 7.20. The quantitative estimate of drug-likeness (QED) is 0.847. The van der Waals surface area contributed by atoms with Gasteiger partial charge < -0.3 is 0 Å². The summed E-state index contributed by atoms with van der Waals surface area (Å²) in [6.45, 7) is 2.01. The molecule has 2 N–H and O–H groups in total. The maximum atomic E-state index is 12.0. The predicted octanol–water partition coefficient (Wildman–Crippen LogP) is 2.93. The number of hydrogen-bond donors (Lipinski definition) is 2. The molecule has 7 heteroatoms. The van der Waals surface area contributed by atoms with Gasteiger partial charge in [-0.2, -0.15) is 4.98 Å². The first-order valence-electron chi connectivity index (χ1n) is 5.31. The van der Waals surface area contributed by atoms with Gasteiger partial charge in [0, 0.05) is 4.47 Å². The van der Waals surface area contributed by atoms with Crippen LogP contribution in [-0.2, 0) is 0 Å². The summed E-state index contributed by atoms with van der Waals surface area (Å²) in [7, 11) is 0. The largest absolute Gasteiger partial charge is 0.291 e. The van der Waals surface area contributed by atoms with E-state index in [9.17, 15) is 4.79 Å². The molecule has 0 fully saturated rings. The topological polar surface area (TPSA) is 70.7 Å². The minimum Gasteiger partial charge on any atom is -0.291 e. The molecule has 2 rings (SSSR count). The van der Waals surface area contributed by atoms with E-state index in [0.717, 1.165) is 10.2 Å². The predicted molar refractivity (Wildman–Crippen MR) is 74.9 cm³/mol. The van der Waals surface area contributed by atoms with Crippen molar-refractivity contribution in [3.63, 3.8) is 0 Å². The van der Waals surface area contributed by atoms with Gasteiger partial charge in [0.25, 0.3) is 5.91 Å². The summed E-state index contributed by atoms with van der Waals surface area (Å²) >= 11 is 4.84. The molecule has 0 saturated carbocycles. The molecule has 5 nitrogen and oxygen atoms in total. The van der Waals surface area contributed by atoms with Gasteiger partial charge in [-0.1, -0.05) is 30.8 Å². The van der Waals surface area contributed by atoms with Crippen LogP contribution in [0.3, 0.4) is 0 Å². The lowest BCUT2D eigenvalue weighted by Gasteiger charge is -2.03. The minimum absolute atomic E-state index is 0.230. The Hall–Kier alpha value is -1.34. The number of aromatic amines is 1. The highest BCUT2D eigenvalue weighted by molar-refractivity contribution is 9.10. The van der Waals surface area contributed by atoms with Gasteiger partial charge in [-0.3, -0.25) is 10.1 Å². The minimum atomic E-state index is -0.230. The summed E-state index contributed by atoms with van der Waals surface area (Å²) in [6.07, 6.45) is 0. The number of carbonyl (C=O) groups is 1. The van der Waals surface area contributed by atoms with Gasteiger partial charge in [-0.15, -0.1) is 5.10 Å². The molecule has 0 aliphatic rings. The maximum Gasteiger partial charge on any atom is 0.259 e. The number of benzene rings is 1. The Morgan fingerprint density at radius 3 is 3.00 bits per heavy atom. The maximum absolute atomic E-state index is 12.0. The Bertz CT molecular complexity index is 557. The number of anilines is 1. The van der Waals surface area contributed by atoms with E-state index in [1.165, 1.54) is 11.8 Å². The third kappa shape index (κ3) is 3.11. The lowest BCUT2D eigenvalue weighted by Crippen LogP contribution is -2.13. The van der Waals surface area contributed by atoms with E-state index < -0.39 is 0 Å². The molecule has 0 saturated heterocycles. The van der Waals surface area contributed by atoms with Crippen LogP contribution in [0.1, 0.15) is 17.3 Å². The highest BCUT2D eigenvalue weighted by Gasteiger charge is 2.11. The number of H-pyrrole nitrogens is 1. The van der Waals surface area contributed by atoms with Crippen molar-refractivity contribution in [2.75, 3.05) is 11.1 Å². The van der Waals surface area contributed by atoms with Crippen molar-refractivity contribution < 1.29 is 4.79 Å². The number of rotatable bonds is 4. The Balaban J connectivity index is 2.09. The number of nitrogens with zero attached hydrogens (tertiary/aromatic N) is 2. The van der Waals surface area contributed by atoms with Gasteiger partial charge in [-0.25, -0.2) is 5.10 Å². The van der Waals surface area contributed by atoms with Gasteiger partial charge in [0.05, 0.1) is 5.56 Å². The average Bonchev–Trinajstić information content (AvgIpc) is 2.77. The van der Waals surface area contributed by atoms with Crippen LogP contribution in [0.2, 0.25) is 0 Å². The number of aromatic nitrogens is 3. The fraction of sp³-hybridized carbons (Fsp3) is 0.182. The van der Waals surface area contributed by atoms with Crippen LogP contribution in [0.25, 0.3) is 0 Å². The number of hydrogen-bond acceptors (Lipinski definition) is 4. The molecule has 18 heavy (non-hydrogen) atoms. The van der Waals surface area contributed by atoms with Crippen molar-refractivity contribution >= 4 is 39.5 Å². The SMILES string of the molecule is CCSc1n[nH]c(NC(=O)c2ccccc2Br)n1. The van der Waals surface area contributed by atoms with Crippen LogP contribution in [0.5, 0.6) is 0 Å². The molecule has 2 aromatic rings. The van der Waals surface area contributed by atoms with Crippen LogP contribution in [0.15, 0.2) is 33.9 Å². The van der Waals surface area contributed by atoms with Crippen LogP contribution >= 0.6 is 27.7 Å². The molecule has 0 aliphatic carbocycles. The van der Waals surface area contributed by atoms with E-state index in [1.54, 1.807) is 12.1 Å². The van der Waals surface area contributed by atoms with E-state index in [4.69, 9.17) is 0 Å². The Morgan fingerprint density at radius 2 is 2.28 bits per heavy atom. The van der Waals surface area contributed by atoms with Crippen molar-refractivity contribution in [3.05, 3.63) is 34.3 Å². The second-order valence-electron chi connectivity index (χ2n) is 3.33. The standard InChI is InChI=1S/C11H11BrN4OS/c1-2-18-11-14-10(15-16-11)13-9(17)7-5-3-4-6-8(7)12/h3-6H,2H2,1H3,(H2,13,14,15,16,17). The summed E-state index contributed by atoms with van der Waals surface area (Å²) in [4.78, 5) is 16.1. The summed E-state index contributed by atoms with van der Waals surface area (Å²) in [5, 5.41) is 9.95. The highest BCUT2D eigenvalue weighted by Crippen LogP contribution is 2.18. The first-order valence-corrected chi connectivity index (χ1v) is 7.09. The zero-order chi connectivity index (χ0) is 13.0. The second-order valence-corrected chi connectivity index (χ2v) is 5.42. The number of carbonyl (C=O) groups excluding carboxylic acids is 1. The summed E-state index contributed by atoms with van der Waals surface area (Å²) in [5.41, 5.74) is 0.554. The second kappa shape index (κ2) is 6.01. The van der Waals surface area contributed by atoms with Gasteiger partial charge >= 0.3 is 0 Å². The molecular weight excluding hydrogens is 316 g/mol. The van der Waals surface area contributed by atoms with Crippen molar-refractivity contribution in [3.8, 4) is 0 Å². The van der Waals surface area contributed by atoms with Gasteiger partial charge in [0.15, 0.2) is 0 Å². The van der Waals surface area contributed by atoms with Gasteiger partial charge in [-0.05, 0) is 33.8 Å². The number of thioether (sulfide) groups is 1. The van der Waals surface area contributed by atoms with E-state index in [1.807, 2.05) is 19.1 Å². The van der Waals surface area contributed by atoms with Crippen LogP contribution in [0, 0.1) is 0 Å². The number of nitrogens with one attached hydrogen (secondary N) is 2. The lowest BCUT2D eigenvalue weighted by atomic mass is 10.2. The molecule has 94 valence electrons. The van der Waals surface area contributed by atoms with Crippen LogP contribution in [-0.4, -0.2) is 26.8 Å². The first-order chi connectivity index (χ1) is 8.70. The number of amides is 1. The monoisotopic (exact) mass is 326 g/mol. The molecular formula is C11H11BrN4OS. The van der Waals surface area contributed by atoms with Gasteiger partial charge in [0.2, 0.25) is 11.1 Å². The molecule has 1 aromatic heterocycles. The van der Waals surface area contributed by atoms with E-state index in [0.29, 0.717) is 16.7 Å². The Labute approximate surface area is 117 Å². The summed E-state index contributed by atoms with van der Waals surface area (Å²) in [5.74, 6) is 1.01. The Kier molecular flexibility index (Phi) is 4.38. The van der Waals surface area contributed by atoms with Crippen LogP contribution < -0.4 is 5.32 Å². The Morgan fingerprint density at radius 1 is 1.50 bits per heavy atom. The smallest absolute Gasteiger partial charge is 0.259 e. The van der Waals surface area contributed by atoms with Crippen molar-refractivity contribution in [1.29, 1.82) is 0 Å². The summed E-state index contributed by atoms with van der Waals surface area (Å²) < 4.78 is 0.741. The normalized spacial score (nSPS) is 10.3. The molecule has 0 aliphatic heterocycles. The molecule has 0 unspecified atom stereocenters. The van der Waals surface area contributed by atoms with Crippen LogP contribution in [0.4, 0.5) is 5.95 Å². The molecule has 0 radical (unpaired) electrons. The first kappa shape index (κ1) is 13.1. The molecule has 1 aromatic carbocycles. The van der Waals surface area contributed by atoms with Crippen molar-refractivity contribution in [2.24, 2.45) is 0 Å². The third-order valence-electron chi connectivity index (χ3n) is 2.09.